The van der Waals surface area contributed by atoms with E-state index >= 15 is 0 Å². The van der Waals surface area contributed by atoms with E-state index in [-0.39, 0.29) is 11.8 Å². The van der Waals surface area contributed by atoms with Gasteiger partial charge in [-0.2, -0.15) is 0 Å². The van der Waals surface area contributed by atoms with Gasteiger partial charge in [0.2, 0.25) is 0 Å². The molecule has 3 heterocycles. The van der Waals surface area contributed by atoms with Crippen molar-refractivity contribution in [1.29, 1.82) is 0 Å². The van der Waals surface area contributed by atoms with Crippen LogP contribution in [-0.4, -0.2) is 25.0 Å². The summed E-state index contributed by atoms with van der Waals surface area (Å²) in [6.07, 6.45) is 0.849. The maximum absolute atomic E-state index is 13.6. The summed E-state index contributed by atoms with van der Waals surface area (Å²) >= 11 is 1.47. The number of ether oxygens (including phenoxy) is 1. The SMILES string of the molecule is CCOc1ccc(N2C(=O)C(c3cccs3)=C(N3CCc4ccccc43)C2=O)cc1. The Morgan fingerprint density at radius 1 is 0.967 bits per heavy atom. The van der Waals surface area contributed by atoms with Gasteiger partial charge in [-0.05, 0) is 60.7 Å². The van der Waals surface area contributed by atoms with Crippen LogP contribution in [0.2, 0.25) is 0 Å². The number of rotatable bonds is 5. The monoisotopic (exact) mass is 416 g/mol. The molecular weight excluding hydrogens is 396 g/mol. The summed E-state index contributed by atoms with van der Waals surface area (Å²) in [6.45, 7) is 3.15. The van der Waals surface area contributed by atoms with Crippen LogP contribution in [0.15, 0.2) is 71.7 Å². The number of thiophene rings is 1. The Hall–Kier alpha value is -3.38. The van der Waals surface area contributed by atoms with E-state index in [1.54, 1.807) is 24.3 Å². The molecule has 6 heteroatoms. The average Bonchev–Trinajstić information content (AvgIpc) is 3.47. The molecule has 2 aliphatic rings. The van der Waals surface area contributed by atoms with Crippen LogP contribution >= 0.6 is 11.3 Å². The summed E-state index contributed by atoms with van der Waals surface area (Å²) in [5.74, 6) is 0.135. The predicted molar refractivity (Wildman–Crippen MR) is 119 cm³/mol. The molecule has 0 saturated carbocycles. The van der Waals surface area contributed by atoms with E-state index in [0.717, 1.165) is 17.0 Å². The molecule has 150 valence electrons. The highest BCUT2D eigenvalue weighted by Gasteiger charge is 2.44. The lowest BCUT2D eigenvalue weighted by Gasteiger charge is -2.21. The fourth-order valence-corrected chi connectivity index (χ4v) is 4.84. The number of anilines is 2. The molecule has 2 aliphatic heterocycles. The van der Waals surface area contributed by atoms with E-state index < -0.39 is 0 Å². The largest absolute Gasteiger partial charge is 0.494 e. The number of imide groups is 1. The fraction of sp³-hybridized carbons (Fsp3) is 0.167. The van der Waals surface area contributed by atoms with E-state index in [0.29, 0.717) is 35.9 Å². The van der Waals surface area contributed by atoms with Crippen molar-refractivity contribution in [3.05, 3.63) is 82.2 Å². The second-order valence-corrected chi connectivity index (χ2v) is 8.05. The zero-order valence-electron chi connectivity index (χ0n) is 16.5. The first kappa shape index (κ1) is 18.6. The number of fused-ring (bicyclic) bond motifs is 1. The first-order chi connectivity index (χ1) is 14.7. The van der Waals surface area contributed by atoms with Gasteiger partial charge in [0.15, 0.2) is 0 Å². The third kappa shape index (κ3) is 2.92. The maximum Gasteiger partial charge on any atom is 0.282 e. The van der Waals surface area contributed by atoms with Crippen molar-refractivity contribution in [2.45, 2.75) is 13.3 Å². The van der Waals surface area contributed by atoms with Crippen LogP contribution in [0.25, 0.3) is 5.57 Å². The van der Waals surface area contributed by atoms with Gasteiger partial charge in [0, 0.05) is 17.1 Å². The lowest BCUT2D eigenvalue weighted by Crippen LogP contribution is -2.34. The highest BCUT2D eigenvalue weighted by Crippen LogP contribution is 2.41. The molecule has 3 aromatic rings. The molecule has 0 aliphatic carbocycles. The summed E-state index contributed by atoms with van der Waals surface area (Å²) in [5.41, 5.74) is 3.67. The lowest BCUT2D eigenvalue weighted by molar-refractivity contribution is -0.120. The molecule has 1 aromatic heterocycles. The Morgan fingerprint density at radius 2 is 1.77 bits per heavy atom. The Balaban J connectivity index is 1.60. The highest BCUT2D eigenvalue weighted by atomic mass is 32.1. The number of para-hydroxylation sites is 1. The Bertz CT molecular complexity index is 1150. The normalized spacial score (nSPS) is 15.9. The standard InChI is InChI=1S/C24H20N2O3S/c1-2-29-18-11-9-17(10-12-18)26-23(27)21(20-8-5-15-30-20)22(24(26)28)25-14-13-16-6-3-4-7-19(16)25/h3-12,15H,2,13-14H2,1H3. The second-order valence-electron chi connectivity index (χ2n) is 7.10. The number of amides is 2. The van der Waals surface area contributed by atoms with Crippen molar-refractivity contribution >= 4 is 40.1 Å². The zero-order chi connectivity index (χ0) is 20.7. The number of benzene rings is 2. The van der Waals surface area contributed by atoms with E-state index in [1.807, 2.05) is 47.5 Å². The summed E-state index contributed by atoms with van der Waals surface area (Å²) in [5, 5.41) is 1.93. The molecular formula is C24H20N2O3S. The Morgan fingerprint density at radius 3 is 2.50 bits per heavy atom. The van der Waals surface area contributed by atoms with Crippen LogP contribution < -0.4 is 14.5 Å². The highest BCUT2D eigenvalue weighted by molar-refractivity contribution is 7.11. The molecule has 2 aromatic carbocycles. The molecule has 5 nitrogen and oxygen atoms in total. The lowest BCUT2D eigenvalue weighted by atomic mass is 10.1. The third-order valence-electron chi connectivity index (χ3n) is 5.39. The van der Waals surface area contributed by atoms with Crippen LogP contribution in [0.4, 0.5) is 11.4 Å². The van der Waals surface area contributed by atoms with Crippen molar-refractivity contribution in [2.75, 3.05) is 23.0 Å². The minimum Gasteiger partial charge on any atom is -0.494 e. The molecule has 0 N–H and O–H groups in total. The maximum atomic E-state index is 13.6. The number of carbonyl (C=O) groups is 2. The summed E-state index contributed by atoms with van der Waals surface area (Å²) < 4.78 is 5.49. The molecule has 0 atom stereocenters. The first-order valence-corrected chi connectivity index (χ1v) is 10.8. The molecule has 0 fully saturated rings. The molecule has 0 unspecified atom stereocenters. The summed E-state index contributed by atoms with van der Waals surface area (Å²) in [7, 11) is 0. The zero-order valence-corrected chi connectivity index (χ0v) is 17.3. The van der Waals surface area contributed by atoms with Gasteiger partial charge in [0.05, 0.1) is 17.9 Å². The van der Waals surface area contributed by atoms with Crippen molar-refractivity contribution in [2.24, 2.45) is 0 Å². The minimum atomic E-state index is -0.288. The Labute approximate surface area is 178 Å². The number of nitrogens with zero attached hydrogens (tertiary/aromatic N) is 2. The summed E-state index contributed by atoms with van der Waals surface area (Å²) in [6, 6.07) is 18.9. The summed E-state index contributed by atoms with van der Waals surface area (Å²) in [4.78, 5) is 31.2. The van der Waals surface area contributed by atoms with Crippen molar-refractivity contribution in [3.8, 4) is 5.75 Å². The van der Waals surface area contributed by atoms with Gasteiger partial charge in [-0.3, -0.25) is 9.59 Å². The first-order valence-electron chi connectivity index (χ1n) is 9.94. The van der Waals surface area contributed by atoms with Crippen LogP contribution in [0.3, 0.4) is 0 Å². The quantitative estimate of drug-likeness (QED) is 0.575. The third-order valence-corrected chi connectivity index (χ3v) is 6.28. The van der Waals surface area contributed by atoms with Gasteiger partial charge in [-0.1, -0.05) is 24.3 Å². The van der Waals surface area contributed by atoms with Crippen LogP contribution in [0, 0.1) is 0 Å². The van der Waals surface area contributed by atoms with Crippen LogP contribution in [-0.2, 0) is 16.0 Å². The van der Waals surface area contributed by atoms with E-state index in [1.165, 1.54) is 21.8 Å². The van der Waals surface area contributed by atoms with E-state index in [4.69, 9.17) is 4.74 Å². The molecule has 2 amide bonds. The number of carbonyl (C=O) groups excluding carboxylic acids is 2. The number of hydrogen-bond acceptors (Lipinski definition) is 5. The van der Waals surface area contributed by atoms with Crippen LogP contribution in [0.1, 0.15) is 17.4 Å². The Kier molecular flexibility index (Phi) is 4.64. The van der Waals surface area contributed by atoms with Gasteiger partial charge in [0.1, 0.15) is 11.4 Å². The minimum absolute atomic E-state index is 0.286. The number of hydrogen-bond donors (Lipinski definition) is 0. The van der Waals surface area contributed by atoms with Gasteiger partial charge in [0.25, 0.3) is 11.8 Å². The van der Waals surface area contributed by atoms with E-state index in [2.05, 4.69) is 6.07 Å². The van der Waals surface area contributed by atoms with Gasteiger partial charge >= 0.3 is 0 Å². The molecule has 0 spiro atoms. The predicted octanol–water partition coefficient (Wildman–Crippen LogP) is 4.49. The average molecular weight is 417 g/mol. The topological polar surface area (TPSA) is 49.9 Å². The molecule has 0 bridgehead atoms. The second kappa shape index (κ2) is 7.46. The fourth-order valence-electron chi connectivity index (χ4n) is 4.07. The molecule has 0 saturated heterocycles. The molecule has 30 heavy (non-hydrogen) atoms. The van der Waals surface area contributed by atoms with Gasteiger partial charge in [-0.15, -0.1) is 11.3 Å². The molecule has 5 rings (SSSR count). The van der Waals surface area contributed by atoms with Crippen molar-refractivity contribution in [1.82, 2.24) is 0 Å². The van der Waals surface area contributed by atoms with E-state index in [9.17, 15) is 9.59 Å². The molecule has 0 radical (unpaired) electrons. The smallest absolute Gasteiger partial charge is 0.282 e. The van der Waals surface area contributed by atoms with Crippen LogP contribution in [0.5, 0.6) is 5.75 Å². The van der Waals surface area contributed by atoms with Crippen molar-refractivity contribution < 1.29 is 14.3 Å². The van der Waals surface area contributed by atoms with Crippen molar-refractivity contribution in [3.63, 3.8) is 0 Å². The van der Waals surface area contributed by atoms with Gasteiger partial charge < -0.3 is 9.64 Å². The van der Waals surface area contributed by atoms with Gasteiger partial charge in [-0.25, -0.2) is 4.90 Å².